The van der Waals surface area contributed by atoms with Gasteiger partial charge in [-0.25, -0.2) is 0 Å². The molecule has 0 amide bonds. The van der Waals surface area contributed by atoms with Crippen molar-refractivity contribution in [3.63, 3.8) is 0 Å². The number of aliphatic hydroxyl groups excluding tert-OH is 1. The minimum atomic E-state index is -0.899. The van der Waals surface area contributed by atoms with Gasteiger partial charge in [-0.15, -0.1) is 0 Å². The molecular weight excluding hydrogens is 434 g/mol. The Hall–Kier alpha value is -1.93. The maximum Gasteiger partial charge on any atom is 0.252 e. The molecule has 29 heavy (non-hydrogen) atoms. The van der Waals surface area contributed by atoms with Crippen LogP contribution in [0.25, 0.3) is 10.9 Å². The van der Waals surface area contributed by atoms with Crippen LogP contribution in [0.2, 0.25) is 0 Å². The number of rotatable bonds is 5. The molecular formula is C22H26BrN3O3. The summed E-state index contributed by atoms with van der Waals surface area (Å²) in [4.78, 5) is 15.1. The van der Waals surface area contributed by atoms with Crippen molar-refractivity contribution in [1.82, 2.24) is 14.9 Å². The Balaban J connectivity index is 1.67. The minimum absolute atomic E-state index is 0.120. The van der Waals surface area contributed by atoms with Crippen LogP contribution in [-0.4, -0.2) is 27.9 Å². The monoisotopic (exact) mass is 459 g/mol. The first-order valence-electron chi connectivity index (χ1n) is 9.84. The summed E-state index contributed by atoms with van der Waals surface area (Å²) in [6.07, 6.45) is 2.23. The van der Waals surface area contributed by atoms with Crippen molar-refractivity contribution in [2.45, 2.75) is 46.0 Å². The second-order valence-corrected chi connectivity index (χ2v) is 8.77. The van der Waals surface area contributed by atoms with E-state index >= 15 is 0 Å². The van der Waals surface area contributed by atoms with E-state index in [0.29, 0.717) is 18.2 Å². The number of nitrogens with one attached hydrogen (secondary N) is 2. The van der Waals surface area contributed by atoms with Crippen LogP contribution < -0.4 is 10.9 Å². The minimum Gasteiger partial charge on any atom is -0.379 e. The first kappa shape index (κ1) is 20.3. The number of nitrogens with zero attached hydrogens (tertiary/aromatic N) is 1. The van der Waals surface area contributed by atoms with Gasteiger partial charge in [0.05, 0.1) is 18.2 Å². The van der Waals surface area contributed by atoms with E-state index in [1.54, 1.807) is 0 Å². The molecule has 3 N–H and O–H groups in total. The molecule has 6 nitrogen and oxygen atoms in total. The number of aromatic amines is 1. The summed E-state index contributed by atoms with van der Waals surface area (Å²) < 4.78 is 8.73. The van der Waals surface area contributed by atoms with E-state index in [4.69, 9.17) is 4.74 Å². The summed E-state index contributed by atoms with van der Waals surface area (Å²) >= 11 is 3.59. The fourth-order valence-corrected chi connectivity index (χ4v) is 4.72. The standard InChI is InChI=1S/C22H26BrN3O3/c1-12-6-14(3)25-22(28)18(12)9-24-21(27)17-7-15(23)8-19-20(17)13(2)10-26(19)16-4-5-29-11-16/h6-8,10,16,21,24,27H,4-5,9,11H2,1-3H3,(H,25,28). The average Bonchev–Trinajstić information content (AvgIpc) is 3.28. The molecule has 2 unspecified atom stereocenters. The average molecular weight is 460 g/mol. The summed E-state index contributed by atoms with van der Waals surface area (Å²) in [6.45, 7) is 7.61. The Morgan fingerprint density at radius 2 is 2.10 bits per heavy atom. The molecule has 0 spiro atoms. The summed E-state index contributed by atoms with van der Waals surface area (Å²) in [5, 5.41) is 15.1. The highest BCUT2D eigenvalue weighted by Crippen LogP contribution is 2.35. The zero-order chi connectivity index (χ0) is 20.7. The molecule has 1 aliphatic heterocycles. The lowest BCUT2D eigenvalue weighted by Crippen LogP contribution is -2.26. The zero-order valence-corrected chi connectivity index (χ0v) is 18.5. The van der Waals surface area contributed by atoms with Crippen molar-refractivity contribution < 1.29 is 9.84 Å². The molecule has 0 bridgehead atoms. The Morgan fingerprint density at radius 3 is 2.79 bits per heavy atom. The maximum absolute atomic E-state index is 12.3. The number of hydrogen-bond acceptors (Lipinski definition) is 4. The molecule has 7 heteroatoms. The molecule has 1 fully saturated rings. The molecule has 1 aliphatic rings. The topological polar surface area (TPSA) is 79.3 Å². The van der Waals surface area contributed by atoms with Gasteiger partial charge in [0.1, 0.15) is 6.23 Å². The third-order valence-electron chi connectivity index (χ3n) is 5.68. The van der Waals surface area contributed by atoms with E-state index < -0.39 is 6.23 Å². The smallest absolute Gasteiger partial charge is 0.252 e. The largest absolute Gasteiger partial charge is 0.379 e. The second kappa shape index (κ2) is 8.07. The van der Waals surface area contributed by atoms with Crippen molar-refractivity contribution >= 4 is 26.8 Å². The van der Waals surface area contributed by atoms with Crippen LogP contribution in [0.5, 0.6) is 0 Å². The van der Waals surface area contributed by atoms with Crippen LogP contribution in [0.3, 0.4) is 0 Å². The van der Waals surface area contributed by atoms with Gasteiger partial charge in [-0.05, 0) is 56.5 Å². The molecule has 0 saturated carbocycles. The molecule has 4 rings (SSSR count). The second-order valence-electron chi connectivity index (χ2n) is 7.85. The number of aromatic nitrogens is 2. The quantitative estimate of drug-likeness (QED) is 0.507. The van der Waals surface area contributed by atoms with E-state index in [9.17, 15) is 9.90 Å². The van der Waals surface area contributed by atoms with Gasteiger partial charge in [0.15, 0.2) is 0 Å². The molecule has 0 radical (unpaired) electrons. The lowest BCUT2D eigenvalue weighted by atomic mass is 10.0. The fraction of sp³-hybridized carbons (Fsp3) is 0.409. The number of pyridine rings is 1. The van der Waals surface area contributed by atoms with Crippen LogP contribution in [0, 0.1) is 20.8 Å². The number of ether oxygens (including phenoxy) is 1. The van der Waals surface area contributed by atoms with Crippen molar-refractivity contribution in [3.8, 4) is 0 Å². The molecule has 3 aromatic rings. The lowest BCUT2D eigenvalue weighted by Gasteiger charge is -2.17. The van der Waals surface area contributed by atoms with Crippen molar-refractivity contribution in [1.29, 1.82) is 0 Å². The van der Waals surface area contributed by atoms with Gasteiger partial charge in [-0.3, -0.25) is 10.1 Å². The number of benzene rings is 1. The Morgan fingerprint density at radius 1 is 1.31 bits per heavy atom. The van der Waals surface area contributed by atoms with E-state index in [1.807, 2.05) is 26.0 Å². The van der Waals surface area contributed by atoms with Crippen LogP contribution >= 0.6 is 15.9 Å². The third kappa shape index (κ3) is 3.92. The Kier molecular flexibility index (Phi) is 5.66. The fourth-order valence-electron chi connectivity index (χ4n) is 4.26. The van der Waals surface area contributed by atoms with Gasteiger partial charge in [0.25, 0.3) is 5.56 Å². The van der Waals surface area contributed by atoms with Gasteiger partial charge >= 0.3 is 0 Å². The van der Waals surface area contributed by atoms with Crippen LogP contribution in [0.1, 0.15) is 46.6 Å². The predicted molar refractivity (Wildman–Crippen MR) is 117 cm³/mol. The Labute approximate surface area is 178 Å². The normalized spacial score (nSPS) is 17.9. The summed E-state index contributed by atoms with van der Waals surface area (Å²) in [7, 11) is 0. The number of halogens is 1. The van der Waals surface area contributed by atoms with Crippen molar-refractivity contribution in [3.05, 3.63) is 67.2 Å². The number of H-pyrrole nitrogens is 1. The maximum atomic E-state index is 12.3. The molecule has 1 aromatic carbocycles. The van der Waals surface area contributed by atoms with E-state index in [2.05, 4.69) is 50.0 Å². The zero-order valence-electron chi connectivity index (χ0n) is 16.9. The first-order valence-corrected chi connectivity index (χ1v) is 10.6. The lowest BCUT2D eigenvalue weighted by molar-refractivity contribution is 0.138. The highest BCUT2D eigenvalue weighted by molar-refractivity contribution is 9.10. The predicted octanol–water partition coefficient (Wildman–Crippen LogP) is 3.76. The van der Waals surface area contributed by atoms with Gasteiger partial charge in [0, 0.05) is 46.0 Å². The van der Waals surface area contributed by atoms with Crippen molar-refractivity contribution in [2.24, 2.45) is 0 Å². The Bertz CT molecular complexity index is 1110. The first-order chi connectivity index (χ1) is 13.8. The molecule has 3 heterocycles. The van der Waals surface area contributed by atoms with Crippen molar-refractivity contribution in [2.75, 3.05) is 13.2 Å². The summed E-state index contributed by atoms with van der Waals surface area (Å²) in [5.41, 5.74) is 5.24. The number of aryl methyl sites for hydroxylation is 3. The van der Waals surface area contributed by atoms with Gasteiger partial charge in [-0.1, -0.05) is 15.9 Å². The van der Waals surface area contributed by atoms with E-state index in [1.165, 1.54) is 0 Å². The number of aliphatic hydroxyl groups is 1. The van der Waals surface area contributed by atoms with Crippen LogP contribution in [0.4, 0.5) is 0 Å². The summed E-state index contributed by atoms with van der Waals surface area (Å²) in [6, 6.07) is 6.28. The van der Waals surface area contributed by atoms with Crippen LogP contribution in [-0.2, 0) is 11.3 Å². The number of hydrogen-bond donors (Lipinski definition) is 3. The molecule has 1 saturated heterocycles. The van der Waals surface area contributed by atoms with Gasteiger partial charge in [-0.2, -0.15) is 0 Å². The number of fused-ring (bicyclic) bond motifs is 1. The van der Waals surface area contributed by atoms with Gasteiger partial charge in [0.2, 0.25) is 0 Å². The molecule has 2 atom stereocenters. The molecule has 2 aromatic heterocycles. The highest BCUT2D eigenvalue weighted by atomic mass is 79.9. The highest BCUT2D eigenvalue weighted by Gasteiger charge is 2.23. The molecule has 154 valence electrons. The van der Waals surface area contributed by atoms with Crippen LogP contribution in [0.15, 0.2) is 33.7 Å². The third-order valence-corrected chi connectivity index (χ3v) is 6.14. The summed E-state index contributed by atoms with van der Waals surface area (Å²) in [5.74, 6) is 0. The van der Waals surface area contributed by atoms with E-state index in [-0.39, 0.29) is 12.1 Å². The molecule has 0 aliphatic carbocycles. The van der Waals surface area contributed by atoms with E-state index in [0.717, 1.165) is 50.8 Å². The SMILES string of the molecule is Cc1cc(C)c(CNC(O)c2cc(Br)cc3c2c(C)cn3C2CCOC2)c(=O)[nH]1. The van der Waals surface area contributed by atoms with Gasteiger partial charge < -0.3 is 19.4 Å².